The van der Waals surface area contributed by atoms with Crippen LogP contribution in [-0.4, -0.2) is 38.3 Å². The molecule has 1 aliphatic rings. The van der Waals surface area contributed by atoms with E-state index in [-0.39, 0.29) is 12.0 Å². The van der Waals surface area contributed by atoms with Crippen LogP contribution in [0, 0.1) is 5.92 Å². The molecule has 2 unspecified atom stereocenters. The summed E-state index contributed by atoms with van der Waals surface area (Å²) in [6, 6.07) is 0. The van der Waals surface area contributed by atoms with Crippen molar-refractivity contribution in [1.82, 2.24) is 10.6 Å². The Morgan fingerprint density at radius 3 is 2.87 bits per heavy atom. The first-order valence-electron chi connectivity index (χ1n) is 5.85. The van der Waals surface area contributed by atoms with E-state index in [0.717, 1.165) is 39.1 Å². The Labute approximate surface area is 91.8 Å². The molecule has 4 heteroatoms. The second-order valence-corrected chi connectivity index (χ2v) is 4.06. The van der Waals surface area contributed by atoms with E-state index >= 15 is 0 Å². The van der Waals surface area contributed by atoms with Crippen molar-refractivity contribution < 1.29 is 9.53 Å². The summed E-state index contributed by atoms with van der Waals surface area (Å²) in [6.45, 7) is 7.53. The molecule has 0 spiro atoms. The van der Waals surface area contributed by atoms with Gasteiger partial charge in [-0.2, -0.15) is 0 Å². The summed E-state index contributed by atoms with van der Waals surface area (Å²) < 4.78 is 5.38. The monoisotopic (exact) mass is 214 g/mol. The van der Waals surface area contributed by atoms with Gasteiger partial charge in [0.1, 0.15) is 6.10 Å². The molecular weight excluding hydrogens is 192 g/mol. The number of ether oxygens (including phenoxy) is 1. The molecule has 0 aromatic rings. The lowest BCUT2D eigenvalue weighted by Gasteiger charge is -2.14. The second-order valence-electron chi connectivity index (χ2n) is 4.06. The van der Waals surface area contributed by atoms with Crippen LogP contribution in [0.5, 0.6) is 0 Å². The van der Waals surface area contributed by atoms with Crippen LogP contribution in [0.25, 0.3) is 0 Å². The maximum Gasteiger partial charge on any atom is 0.249 e. The third kappa shape index (κ3) is 4.18. The molecule has 0 radical (unpaired) electrons. The molecular formula is C11H22N2O2. The molecule has 2 atom stereocenters. The molecule has 0 saturated carbocycles. The van der Waals surface area contributed by atoms with Gasteiger partial charge in [-0.15, -0.1) is 0 Å². The van der Waals surface area contributed by atoms with E-state index in [4.69, 9.17) is 4.74 Å². The van der Waals surface area contributed by atoms with Crippen molar-refractivity contribution in [2.24, 2.45) is 5.92 Å². The average Bonchev–Trinajstić information content (AvgIpc) is 2.64. The average molecular weight is 214 g/mol. The number of amides is 1. The van der Waals surface area contributed by atoms with Crippen LogP contribution in [0.15, 0.2) is 0 Å². The third-order valence-corrected chi connectivity index (χ3v) is 2.73. The van der Waals surface area contributed by atoms with Crippen molar-refractivity contribution in [3.8, 4) is 0 Å². The van der Waals surface area contributed by atoms with E-state index in [1.165, 1.54) is 0 Å². The van der Waals surface area contributed by atoms with Gasteiger partial charge in [0.15, 0.2) is 0 Å². The Hall–Kier alpha value is -0.610. The number of rotatable bonds is 6. The van der Waals surface area contributed by atoms with Gasteiger partial charge in [-0.05, 0) is 31.8 Å². The predicted octanol–water partition coefficient (Wildman–Crippen LogP) is 0.527. The van der Waals surface area contributed by atoms with Gasteiger partial charge in [-0.25, -0.2) is 0 Å². The summed E-state index contributed by atoms with van der Waals surface area (Å²) in [5.74, 6) is 0.412. The van der Waals surface area contributed by atoms with Crippen molar-refractivity contribution in [2.75, 3.05) is 26.2 Å². The Kier molecular flexibility index (Phi) is 5.65. The standard InChI is InChI=1S/C11H22N2O2/c1-3-12-6-4-7-13-11(14)10-9(2)5-8-15-10/h9-10,12H,3-8H2,1-2H3,(H,13,14). The van der Waals surface area contributed by atoms with Crippen molar-refractivity contribution >= 4 is 5.91 Å². The molecule has 0 aliphatic carbocycles. The zero-order valence-electron chi connectivity index (χ0n) is 9.71. The first kappa shape index (κ1) is 12.5. The number of hydrogen-bond donors (Lipinski definition) is 2. The summed E-state index contributed by atoms with van der Waals surface area (Å²) in [5.41, 5.74) is 0. The Morgan fingerprint density at radius 2 is 2.27 bits per heavy atom. The maximum absolute atomic E-state index is 11.6. The summed E-state index contributed by atoms with van der Waals surface area (Å²) >= 11 is 0. The molecule has 2 N–H and O–H groups in total. The van der Waals surface area contributed by atoms with Gasteiger partial charge in [-0.1, -0.05) is 13.8 Å². The highest BCUT2D eigenvalue weighted by atomic mass is 16.5. The smallest absolute Gasteiger partial charge is 0.249 e. The van der Waals surface area contributed by atoms with Crippen LogP contribution in [0.4, 0.5) is 0 Å². The van der Waals surface area contributed by atoms with E-state index in [1.54, 1.807) is 0 Å². The fourth-order valence-electron chi connectivity index (χ4n) is 1.73. The SMILES string of the molecule is CCNCCCNC(=O)C1OCCC1C. The largest absolute Gasteiger partial charge is 0.368 e. The molecule has 1 fully saturated rings. The van der Waals surface area contributed by atoms with Crippen molar-refractivity contribution in [3.05, 3.63) is 0 Å². The third-order valence-electron chi connectivity index (χ3n) is 2.73. The van der Waals surface area contributed by atoms with Crippen molar-refractivity contribution in [2.45, 2.75) is 32.8 Å². The van der Waals surface area contributed by atoms with E-state index in [1.807, 2.05) is 0 Å². The lowest BCUT2D eigenvalue weighted by molar-refractivity contribution is -0.131. The molecule has 15 heavy (non-hydrogen) atoms. The Morgan fingerprint density at radius 1 is 1.47 bits per heavy atom. The van der Waals surface area contributed by atoms with Gasteiger partial charge >= 0.3 is 0 Å². The second kappa shape index (κ2) is 6.80. The van der Waals surface area contributed by atoms with Crippen molar-refractivity contribution in [3.63, 3.8) is 0 Å². The minimum Gasteiger partial charge on any atom is -0.368 e. The predicted molar refractivity (Wildman–Crippen MR) is 59.7 cm³/mol. The number of carbonyl (C=O) groups is 1. The first-order chi connectivity index (χ1) is 7.25. The quantitative estimate of drug-likeness (QED) is 0.634. The van der Waals surface area contributed by atoms with Gasteiger partial charge in [0.2, 0.25) is 5.91 Å². The Bertz CT molecular complexity index is 197. The van der Waals surface area contributed by atoms with Crippen LogP contribution >= 0.6 is 0 Å². The highest BCUT2D eigenvalue weighted by molar-refractivity contribution is 5.81. The molecule has 0 aromatic carbocycles. The summed E-state index contributed by atoms with van der Waals surface area (Å²) in [7, 11) is 0. The molecule has 88 valence electrons. The highest BCUT2D eigenvalue weighted by Crippen LogP contribution is 2.19. The van der Waals surface area contributed by atoms with Gasteiger partial charge < -0.3 is 15.4 Å². The fourth-order valence-corrected chi connectivity index (χ4v) is 1.73. The molecule has 1 aliphatic heterocycles. The topological polar surface area (TPSA) is 50.4 Å². The van der Waals surface area contributed by atoms with Gasteiger partial charge in [0.05, 0.1) is 0 Å². The Balaban J connectivity index is 2.08. The molecule has 0 bridgehead atoms. The van der Waals surface area contributed by atoms with Crippen LogP contribution in [0.2, 0.25) is 0 Å². The minimum absolute atomic E-state index is 0.0523. The first-order valence-corrected chi connectivity index (χ1v) is 5.85. The molecule has 4 nitrogen and oxygen atoms in total. The molecule has 0 aromatic heterocycles. The van der Waals surface area contributed by atoms with Gasteiger partial charge in [-0.3, -0.25) is 4.79 Å². The molecule has 1 rings (SSSR count). The highest BCUT2D eigenvalue weighted by Gasteiger charge is 2.30. The van der Waals surface area contributed by atoms with Gasteiger partial charge in [0.25, 0.3) is 0 Å². The maximum atomic E-state index is 11.6. The normalized spacial score (nSPS) is 25.5. The van der Waals surface area contributed by atoms with Crippen LogP contribution in [0.1, 0.15) is 26.7 Å². The number of hydrogen-bond acceptors (Lipinski definition) is 3. The zero-order chi connectivity index (χ0) is 11.1. The molecule has 1 saturated heterocycles. The van der Waals surface area contributed by atoms with Crippen LogP contribution in [-0.2, 0) is 9.53 Å². The van der Waals surface area contributed by atoms with E-state index in [2.05, 4.69) is 24.5 Å². The molecule has 1 amide bonds. The van der Waals surface area contributed by atoms with E-state index < -0.39 is 0 Å². The summed E-state index contributed by atoms with van der Waals surface area (Å²) in [4.78, 5) is 11.6. The van der Waals surface area contributed by atoms with E-state index in [9.17, 15) is 4.79 Å². The summed E-state index contributed by atoms with van der Waals surface area (Å²) in [5, 5.41) is 6.13. The van der Waals surface area contributed by atoms with E-state index in [0.29, 0.717) is 5.92 Å². The lowest BCUT2D eigenvalue weighted by atomic mass is 10.0. The van der Waals surface area contributed by atoms with Crippen LogP contribution < -0.4 is 10.6 Å². The number of carbonyl (C=O) groups excluding carboxylic acids is 1. The molecule has 1 heterocycles. The van der Waals surface area contributed by atoms with Crippen molar-refractivity contribution in [1.29, 1.82) is 0 Å². The fraction of sp³-hybridized carbons (Fsp3) is 0.909. The number of nitrogens with one attached hydrogen (secondary N) is 2. The van der Waals surface area contributed by atoms with Crippen LogP contribution in [0.3, 0.4) is 0 Å². The zero-order valence-corrected chi connectivity index (χ0v) is 9.71. The van der Waals surface area contributed by atoms with Gasteiger partial charge in [0, 0.05) is 13.2 Å². The minimum atomic E-state index is -0.218. The summed E-state index contributed by atoms with van der Waals surface area (Å²) in [6.07, 6.45) is 1.75. The lowest BCUT2D eigenvalue weighted by Crippen LogP contribution is -2.38.